The maximum Gasteiger partial charge on any atom is 0.420 e. The van der Waals surface area contributed by atoms with Gasteiger partial charge in [-0.05, 0) is 6.92 Å². The third-order valence-corrected chi connectivity index (χ3v) is 1.81. The molecule has 0 aliphatic rings. The second kappa shape index (κ2) is 3.97. The second-order valence-corrected chi connectivity index (χ2v) is 3.17. The summed E-state index contributed by atoms with van der Waals surface area (Å²) in [6.07, 6.45) is 0.300. The summed E-state index contributed by atoms with van der Waals surface area (Å²) in [5, 5.41) is 0.865. The minimum absolute atomic E-state index is 0.865. The van der Waals surface area contributed by atoms with E-state index in [1.54, 1.807) is 4.72 Å². The summed E-state index contributed by atoms with van der Waals surface area (Å²) in [5.41, 5.74) is 0. The van der Waals surface area contributed by atoms with Gasteiger partial charge in [0.15, 0.2) is 0 Å². The van der Waals surface area contributed by atoms with Crippen LogP contribution in [0.4, 0.5) is 4.79 Å². The number of ether oxygens (including phenoxy) is 1. The van der Waals surface area contributed by atoms with E-state index >= 15 is 0 Å². The van der Waals surface area contributed by atoms with Crippen molar-refractivity contribution in [2.24, 2.45) is 0 Å². The van der Waals surface area contributed by atoms with E-state index in [0.717, 1.165) is 12.5 Å². The zero-order valence-corrected chi connectivity index (χ0v) is 7.01. The van der Waals surface area contributed by atoms with E-state index in [-0.39, 0.29) is 0 Å². The van der Waals surface area contributed by atoms with Crippen molar-refractivity contribution in [1.82, 2.24) is 4.72 Å². The molecular formula is C5H9NO4S. The first kappa shape index (κ1) is 9.96. The lowest BCUT2D eigenvalue weighted by Gasteiger charge is -1.99. The number of amides is 1. The Balaban J connectivity index is 4.26. The van der Waals surface area contributed by atoms with Gasteiger partial charge in [0.25, 0.3) is 10.0 Å². The number of carbonyl (C=O) groups excluding carboxylic acids is 1. The van der Waals surface area contributed by atoms with Gasteiger partial charge in [0.2, 0.25) is 0 Å². The molecule has 0 atom stereocenters. The fourth-order valence-electron chi connectivity index (χ4n) is 0.371. The van der Waals surface area contributed by atoms with Gasteiger partial charge in [-0.15, -0.1) is 0 Å². The summed E-state index contributed by atoms with van der Waals surface area (Å²) in [4.78, 5) is 10.4. The highest BCUT2D eigenvalue weighted by molar-refractivity contribution is 7.92. The molecule has 0 spiro atoms. The molecule has 0 aromatic carbocycles. The van der Waals surface area contributed by atoms with Crippen LogP contribution in [0.1, 0.15) is 6.92 Å². The maximum absolute atomic E-state index is 10.7. The molecule has 0 heterocycles. The van der Waals surface area contributed by atoms with E-state index in [1.807, 2.05) is 0 Å². The Kier molecular flexibility index (Phi) is 3.59. The molecule has 6 heteroatoms. The first-order valence-electron chi connectivity index (χ1n) is 2.75. The van der Waals surface area contributed by atoms with Gasteiger partial charge < -0.3 is 4.74 Å². The van der Waals surface area contributed by atoms with Crippen molar-refractivity contribution in [2.75, 3.05) is 7.11 Å². The number of hydrogen-bond donors (Lipinski definition) is 1. The smallest absolute Gasteiger partial charge is 0.420 e. The zero-order valence-electron chi connectivity index (χ0n) is 6.20. The summed E-state index contributed by atoms with van der Waals surface area (Å²) in [5.74, 6) is 0. The van der Waals surface area contributed by atoms with Crippen molar-refractivity contribution >= 4 is 16.1 Å². The van der Waals surface area contributed by atoms with Gasteiger partial charge in [-0.2, -0.15) is 0 Å². The van der Waals surface area contributed by atoms with Gasteiger partial charge in [0.1, 0.15) is 0 Å². The Hall–Kier alpha value is -1.04. The lowest BCUT2D eigenvalue weighted by molar-refractivity contribution is 0.178. The molecule has 0 fully saturated rings. The molecule has 0 aliphatic heterocycles. The van der Waals surface area contributed by atoms with Crippen molar-refractivity contribution in [1.29, 1.82) is 0 Å². The van der Waals surface area contributed by atoms with Gasteiger partial charge in [0.05, 0.1) is 7.11 Å². The summed E-state index contributed by atoms with van der Waals surface area (Å²) < 4.78 is 27.1. The highest BCUT2D eigenvalue weighted by atomic mass is 32.2. The van der Waals surface area contributed by atoms with Crippen molar-refractivity contribution < 1.29 is 17.9 Å². The monoisotopic (exact) mass is 179 g/mol. The van der Waals surface area contributed by atoms with Crippen LogP contribution in [0.5, 0.6) is 0 Å². The predicted molar refractivity (Wildman–Crippen MR) is 39.3 cm³/mol. The highest BCUT2D eigenvalue weighted by Gasteiger charge is 2.08. The molecular weight excluding hydrogens is 170 g/mol. The Bertz CT molecular complexity index is 254. The third-order valence-electron chi connectivity index (χ3n) is 0.726. The fraction of sp³-hybridized carbons (Fsp3) is 0.400. The van der Waals surface area contributed by atoms with Crippen molar-refractivity contribution in [3.63, 3.8) is 0 Å². The number of sulfonamides is 1. The Labute approximate surface area is 65.1 Å². The van der Waals surface area contributed by atoms with Crippen LogP contribution in [0.15, 0.2) is 11.5 Å². The third kappa shape index (κ3) is 4.38. The van der Waals surface area contributed by atoms with Crippen LogP contribution < -0.4 is 4.72 Å². The molecule has 5 nitrogen and oxygen atoms in total. The van der Waals surface area contributed by atoms with Crippen LogP contribution in [0, 0.1) is 0 Å². The van der Waals surface area contributed by atoms with Crippen LogP contribution in [-0.2, 0) is 14.8 Å². The topological polar surface area (TPSA) is 72.5 Å². The normalized spacial score (nSPS) is 11.5. The van der Waals surface area contributed by atoms with Crippen molar-refractivity contribution in [3.05, 3.63) is 11.5 Å². The van der Waals surface area contributed by atoms with Crippen molar-refractivity contribution in [3.8, 4) is 0 Å². The molecule has 0 aliphatic carbocycles. The largest absolute Gasteiger partial charge is 0.452 e. The average Bonchev–Trinajstić information content (AvgIpc) is 1.86. The van der Waals surface area contributed by atoms with Gasteiger partial charge in [0, 0.05) is 5.41 Å². The molecule has 0 radical (unpaired) electrons. The number of hydrogen-bond acceptors (Lipinski definition) is 4. The molecule has 0 bridgehead atoms. The molecule has 64 valence electrons. The number of carbonyl (C=O) groups is 1. The van der Waals surface area contributed by atoms with Gasteiger partial charge in [-0.1, -0.05) is 6.08 Å². The Morgan fingerprint density at radius 1 is 1.55 bits per heavy atom. The maximum atomic E-state index is 10.7. The lowest BCUT2D eigenvalue weighted by atomic mass is 10.8. The first-order chi connectivity index (χ1) is 5.02. The van der Waals surface area contributed by atoms with E-state index < -0.39 is 16.1 Å². The molecule has 0 aromatic heterocycles. The van der Waals surface area contributed by atoms with E-state index in [2.05, 4.69) is 4.74 Å². The van der Waals surface area contributed by atoms with E-state index in [1.165, 1.54) is 13.0 Å². The highest BCUT2D eigenvalue weighted by Crippen LogP contribution is 1.86. The molecule has 0 saturated heterocycles. The lowest BCUT2D eigenvalue weighted by Crippen LogP contribution is -2.28. The summed E-state index contributed by atoms with van der Waals surface area (Å²) >= 11 is 0. The standard InChI is InChI=1S/C5H9NO4S/c1-3-4-11(8,9)6-5(7)10-2/h3-4H,1-2H3,(H,6,7)/b4-3+. The molecule has 11 heavy (non-hydrogen) atoms. The number of allylic oxidation sites excluding steroid dienone is 1. The Morgan fingerprint density at radius 3 is 2.45 bits per heavy atom. The van der Waals surface area contributed by atoms with Crippen LogP contribution in [0.3, 0.4) is 0 Å². The van der Waals surface area contributed by atoms with Gasteiger partial charge >= 0.3 is 6.09 Å². The van der Waals surface area contributed by atoms with Gasteiger partial charge in [-0.25, -0.2) is 17.9 Å². The summed E-state index contributed by atoms with van der Waals surface area (Å²) in [6.45, 7) is 1.52. The minimum Gasteiger partial charge on any atom is -0.452 e. The Morgan fingerprint density at radius 2 is 2.09 bits per heavy atom. The van der Waals surface area contributed by atoms with Gasteiger partial charge in [-0.3, -0.25) is 0 Å². The van der Waals surface area contributed by atoms with E-state index in [0.29, 0.717) is 0 Å². The summed E-state index contributed by atoms with van der Waals surface area (Å²) in [6, 6.07) is 0. The predicted octanol–water partition coefficient (Wildman–Crippen LogP) is 0.206. The average molecular weight is 179 g/mol. The van der Waals surface area contributed by atoms with Crippen LogP contribution in [-0.4, -0.2) is 21.6 Å². The number of methoxy groups -OCH3 is 1. The SMILES string of the molecule is C/C=C/S(=O)(=O)NC(=O)OC. The van der Waals surface area contributed by atoms with E-state index in [4.69, 9.17) is 0 Å². The quantitative estimate of drug-likeness (QED) is 0.657. The molecule has 0 rings (SSSR count). The summed E-state index contributed by atoms with van der Waals surface area (Å²) in [7, 11) is -2.56. The number of rotatable bonds is 2. The molecule has 0 saturated carbocycles. The van der Waals surface area contributed by atoms with Crippen LogP contribution in [0.25, 0.3) is 0 Å². The molecule has 1 N–H and O–H groups in total. The molecule has 1 amide bonds. The van der Waals surface area contributed by atoms with Crippen LogP contribution >= 0.6 is 0 Å². The van der Waals surface area contributed by atoms with E-state index in [9.17, 15) is 13.2 Å². The zero-order chi connectivity index (χ0) is 8.91. The minimum atomic E-state index is -3.65. The first-order valence-corrected chi connectivity index (χ1v) is 4.30. The number of nitrogens with one attached hydrogen (secondary N) is 1. The molecule has 0 unspecified atom stereocenters. The van der Waals surface area contributed by atoms with Crippen LogP contribution in [0.2, 0.25) is 0 Å². The second-order valence-electron chi connectivity index (χ2n) is 1.61. The fourth-order valence-corrected chi connectivity index (χ4v) is 1.11. The molecule has 0 aromatic rings. The van der Waals surface area contributed by atoms with Crippen molar-refractivity contribution in [2.45, 2.75) is 6.92 Å².